The van der Waals surface area contributed by atoms with Crippen molar-refractivity contribution in [1.29, 1.82) is 0 Å². The van der Waals surface area contributed by atoms with Crippen LogP contribution in [0.3, 0.4) is 0 Å². The van der Waals surface area contributed by atoms with Crippen LogP contribution in [-0.4, -0.2) is 9.97 Å². The van der Waals surface area contributed by atoms with Crippen LogP contribution < -0.4 is 4.74 Å². The van der Waals surface area contributed by atoms with Crippen molar-refractivity contribution >= 4 is 5.57 Å². The fraction of sp³-hybridized carbons (Fsp3) is 0.0741. The first-order valence-corrected chi connectivity index (χ1v) is 19.9. The third-order valence-corrected chi connectivity index (χ3v) is 12.5. The summed E-state index contributed by atoms with van der Waals surface area (Å²) in [5.74, 6) is 2.82. The Morgan fingerprint density at radius 2 is 1.21 bits per heavy atom. The first-order valence-electron chi connectivity index (χ1n) is 19.9. The summed E-state index contributed by atoms with van der Waals surface area (Å²) in [4.78, 5) is 10.6. The van der Waals surface area contributed by atoms with E-state index in [9.17, 15) is 0 Å². The van der Waals surface area contributed by atoms with E-state index in [1.807, 2.05) is 6.07 Å². The summed E-state index contributed by atoms with van der Waals surface area (Å²) in [7, 11) is 0. The van der Waals surface area contributed by atoms with E-state index in [0.29, 0.717) is 5.92 Å². The molecule has 0 amide bonds. The monoisotopic (exact) mass is 728 g/mol. The van der Waals surface area contributed by atoms with Crippen LogP contribution in [0.15, 0.2) is 205 Å². The van der Waals surface area contributed by atoms with E-state index in [0.717, 1.165) is 69.4 Å². The molecule has 57 heavy (non-hydrogen) atoms. The Labute approximate surface area is 332 Å². The first kappa shape index (κ1) is 32.2. The molecule has 0 saturated heterocycles. The molecular formula is C54H36N2O. The third kappa shape index (κ3) is 4.79. The lowest BCUT2D eigenvalue weighted by Gasteiger charge is -2.39. The molecule has 0 N–H and O–H groups in total. The van der Waals surface area contributed by atoms with Gasteiger partial charge in [0.15, 0.2) is 5.82 Å². The molecule has 6 aromatic carbocycles. The number of benzene rings is 6. The van der Waals surface area contributed by atoms with E-state index in [1.165, 1.54) is 50.1 Å². The lowest BCUT2D eigenvalue weighted by Crippen LogP contribution is -2.32. The highest BCUT2D eigenvalue weighted by atomic mass is 16.5. The number of hydrogen-bond acceptors (Lipinski definition) is 3. The highest BCUT2D eigenvalue weighted by Crippen LogP contribution is 2.62. The molecule has 1 spiro atoms. The number of fused-ring (bicyclic) bond motifs is 9. The van der Waals surface area contributed by atoms with Gasteiger partial charge in [-0.1, -0.05) is 164 Å². The van der Waals surface area contributed by atoms with Crippen LogP contribution in [0.25, 0.3) is 50.5 Å². The Hall–Kier alpha value is -7.10. The predicted molar refractivity (Wildman–Crippen MR) is 230 cm³/mol. The van der Waals surface area contributed by atoms with Crippen LogP contribution in [0, 0.1) is 5.92 Å². The average Bonchev–Trinajstić information content (AvgIpc) is 3.57. The molecule has 7 aromatic rings. The number of nitrogens with zero attached hydrogens (tertiary/aromatic N) is 2. The van der Waals surface area contributed by atoms with Gasteiger partial charge in [-0.25, -0.2) is 9.97 Å². The topological polar surface area (TPSA) is 35.0 Å². The number of rotatable bonds is 4. The number of ether oxygens (including phenoxy) is 1. The van der Waals surface area contributed by atoms with Gasteiger partial charge in [0.2, 0.25) is 0 Å². The van der Waals surface area contributed by atoms with Crippen molar-refractivity contribution in [3.05, 3.63) is 233 Å². The third-order valence-electron chi connectivity index (χ3n) is 12.5. The van der Waals surface area contributed by atoms with Gasteiger partial charge in [0.05, 0.1) is 16.8 Å². The molecular weight excluding hydrogens is 693 g/mol. The van der Waals surface area contributed by atoms with Crippen molar-refractivity contribution in [2.24, 2.45) is 5.92 Å². The van der Waals surface area contributed by atoms with Crippen LogP contribution in [0.5, 0.6) is 11.5 Å². The van der Waals surface area contributed by atoms with Crippen molar-refractivity contribution in [3.8, 4) is 56.4 Å². The van der Waals surface area contributed by atoms with E-state index in [4.69, 9.17) is 14.7 Å². The van der Waals surface area contributed by atoms with Crippen LogP contribution in [-0.2, 0) is 5.41 Å². The summed E-state index contributed by atoms with van der Waals surface area (Å²) < 4.78 is 6.90. The maximum Gasteiger partial charge on any atom is 0.160 e. The minimum atomic E-state index is -0.498. The molecule has 12 rings (SSSR count). The van der Waals surface area contributed by atoms with E-state index < -0.39 is 5.41 Å². The Bertz CT molecular complexity index is 2950. The lowest BCUT2D eigenvalue weighted by atomic mass is 9.66. The van der Waals surface area contributed by atoms with Gasteiger partial charge in [0.1, 0.15) is 11.5 Å². The second-order valence-corrected chi connectivity index (χ2v) is 15.6. The van der Waals surface area contributed by atoms with Crippen LogP contribution >= 0.6 is 0 Å². The molecule has 1 aliphatic heterocycles. The van der Waals surface area contributed by atoms with Crippen LogP contribution in [0.4, 0.5) is 0 Å². The fourth-order valence-corrected chi connectivity index (χ4v) is 10.1. The SMILES string of the molecule is C1=CC2CC(c3cc(-c4ccccc4-c4ccc5c(c4)Oc4ccccc4C54c5ccccc5-c5ccccc54)nc(-c4ccccc4)n3)=CC3=C2C(=C1)CC=C3. The lowest BCUT2D eigenvalue weighted by molar-refractivity contribution is 0.436. The average molecular weight is 729 g/mol. The molecule has 0 saturated carbocycles. The van der Waals surface area contributed by atoms with Crippen molar-refractivity contribution in [3.63, 3.8) is 0 Å². The highest BCUT2D eigenvalue weighted by Gasteiger charge is 2.51. The van der Waals surface area contributed by atoms with Crippen molar-refractivity contribution in [1.82, 2.24) is 9.97 Å². The predicted octanol–water partition coefficient (Wildman–Crippen LogP) is 13.1. The summed E-state index contributed by atoms with van der Waals surface area (Å²) in [6.45, 7) is 0. The van der Waals surface area contributed by atoms with E-state index in [-0.39, 0.29) is 0 Å². The highest BCUT2D eigenvalue weighted by molar-refractivity contribution is 5.90. The van der Waals surface area contributed by atoms with Gasteiger partial charge in [-0.05, 0) is 92.8 Å². The molecule has 268 valence electrons. The smallest absolute Gasteiger partial charge is 0.160 e. The van der Waals surface area contributed by atoms with E-state index >= 15 is 0 Å². The molecule has 4 aliphatic carbocycles. The summed E-state index contributed by atoms with van der Waals surface area (Å²) in [6, 6.07) is 54.3. The quantitative estimate of drug-likeness (QED) is 0.181. The molecule has 0 radical (unpaired) electrons. The minimum Gasteiger partial charge on any atom is -0.457 e. The maximum atomic E-state index is 6.90. The largest absolute Gasteiger partial charge is 0.457 e. The zero-order chi connectivity index (χ0) is 37.5. The van der Waals surface area contributed by atoms with Gasteiger partial charge in [-0.3, -0.25) is 0 Å². The molecule has 5 aliphatic rings. The number of para-hydroxylation sites is 1. The van der Waals surface area contributed by atoms with Gasteiger partial charge >= 0.3 is 0 Å². The van der Waals surface area contributed by atoms with Gasteiger partial charge in [0.25, 0.3) is 0 Å². The zero-order valence-corrected chi connectivity index (χ0v) is 31.2. The van der Waals surface area contributed by atoms with Gasteiger partial charge in [0, 0.05) is 28.2 Å². The number of aromatic nitrogens is 2. The summed E-state index contributed by atoms with van der Waals surface area (Å²) in [5.41, 5.74) is 18.5. The van der Waals surface area contributed by atoms with Gasteiger partial charge in [-0.2, -0.15) is 0 Å². The zero-order valence-electron chi connectivity index (χ0n) is 31.2. The number of hydrogen-bond donors (Lipinski definition) is 0. The van der Waals surface area contributed by atoms with E-state index in [1.54, 1.807) is 0 Å². The normalized spacial score (nSPS) is 17.4. The summed E-state index contributed by atoms with van der Waals surface area (Å²) in [6.07, 6.45) is 15.7. The Morgan fingerprint density at radius 1 is 0.544 bits per heavy atom. The van der Waals surface area contributed by atoms with Crippen LogP contribution in [0.1, 0.15) is 40.8 Å². The van der Waals surface area contributed by atoms with Crippen LogP contribution in [0.2, 0.25) is 0 Å². The first-order chi connectivity index (χ1) is 28.2. The molecule has 3 nitrogen and oxygen atoms in total. The Morgan fingerprint density at radius 3 is 2.02 bits per heavy atom. The molecule has 1 unspecified atom stereocenters. The molecule has 0 bridgehead atoms. The number of allylic oxidation sites excluding steroid dienone is 10. The molecule has 3 heteroatoms. The van der Waals surface area contributed by atoms with Crippen molar-refractivity contribution < 1.29 is 4.74 Å². The van der Waals surface area contributed by atoms with Crippen molar-refractivity contribution in [2.75, 3.05) is 0 Å². The Kier molecular flexibility index (Phi) is 7.03. The fourth-order valence-electron chi connectivity index (χ4n) is 10.1. The molecule has 0 fully saturated rings. The van der Waals surface area contributed by atoms with Gasteiger partial charge < -0.3 is 4.74 Å². The van der Waals surface area contributed by atoms with E-state index in [2.05, 4.69) is 182 Å². The summed E-state index contributed by atoms with van der Waals surface area (Å²) >= 11 is 0. The standard InChI is InChI=1S/C54H36N2O/c1-2-14-35(15-3-1)53-55-48(39-30-37-18-12-16-34-17-13-19-38(31-39)52(34)37)33-49(56-53)43-23-5-4-20-40(43)36-28-29-47-51(32-36)57-50-27-11-10-26-46(50)54(47)44-24-8-6-21-41(44)42-22-7-9-25-45(42)54/h1-16,18-29,31-33,37H,17,30H2. The molecule has 1 atom stereocenters. The molecule has 2 heterocycles. The van der Waals surface area contributed by atoms with Crippen molar-refractivity contribution in [2.45, 2.75) is 18.3 Å². The summed E-state index contributed by atoms with van der Waals surface area (Å²) in [5, 5.41) is 0. The Balaban J connectivity index is 1.03. The minimum absolute atomic E-state index is 0.346. The van der Waals surface area contributed by atoms with Gasteiger partial charge in [-0.15, -0.1) is 0 Å². The maximum absolute atomic E-state index is 6.90. The second-order valence-electron chi connectivity index (χ2n) is 15.6. The second kappa shape index (κ2) is 12.5. The molecule has 1 aromatic heterocycles.